The van der Waals surface area contributed by atoms with E-state index in [2.05, 4.69) is 4.98 Å². The highest BCUT2D eigenvalue weighted by Gasteiger charge is 2.49. The minimum Gasteiger partial charge on any atom is -0.378 e. The van der Waals surface area contributed by atoms with E-state index in [1.165, 1.54) is 11.0 Å². The SMILES string of the molecule is O=c1cc(N2CCOCC2)nc2n1CC(C(F)(F)F)N2CCCc1ccccc1. The van der Waals surface area contributed by atoms with Crippen molar-refractivity contribution in [2.45, 2.75) is 31.6 Å². The minimum absolute atomic E-state index is 0.106. The summed E-state index contributed by atoms with van der Waals surface area (Å²) in [5.41, 5.74) is 0.624. The maximum atomic E-state index is 13.7. The van der Waals surface area contributed by atoms with Gasteiger partial charge in [-0.25, -0.2) is 0 Å². The third-order valence-corrected chi connectivity index (χ3v) is 5.38. The number of aryl methyl sites for hydroxylation is 1. The summed E-state index contributed by atoms with van der Waals surface area (Å²) in [4.78, 5) is 20.2. The van der Waals surface area contributed by atoms with E-state index in [1.54, 1.807) is 0 Å². The van der Waals surface area contributed by atoms with Crippen LogP contribution < -0.4 is 15.4 Å². The summed E-state index contributed by atoms with van der Waals surface area (Å²) < 4.78 is 47.6. The molecule has 29 heavy (non-hydrogen) atoms. The van der Waals surface area contributed by atoms with Crippen LogP contribution in [0.1, 0.15) is 12.0 Å². The van der Waals surface area contributed by atoms with Gasteiger partial charge >= 0.3 is 6.18 Å². The zero-order valence-corrected chi connectivity index (χ0v) is 15.9. The van der Waals surface area contributed by atoms with Gasteiger partial charge in [-0.1, -0.05) is 30.3 Å². The molecule has 1 atom stereocenters. The number of anilines is 2. The van der Waals surface area contributed by atoms with Crippen LogP contribution in [0, 0.1) is 0 Å². The molecule has 0 amide bonds. The van der Waals surface area contributed by atoms with E-state index in [1.807, 2.05) is 35.2 Å². The van der Waals surface area contributed by atoms with Gasteiger partial charge in [0.05, 0.1) is 19.8 Å². The fraction of sp³-hybridized carbons (Fsp3) is 0.500. The number of halogens is 3. The average Bonchev–Trinajstić information content (AvgIpc) is 3.09. The predicted molar refractivity (Wildman–Crippen MR) is 103 cm³/mol. The smallest absolute Gasteiger partial charge is 0.378 e. The summed E-state index contributed by atoms with van der Waals surface area (Å²) >= 11 is 0. The molecule has 2 aliphatic heterocycles. The number of rotatable bonds is 5. The molecule has 0 saturated carbocycles. The van der Waals surface area contributed by atoms with Gasteiger partial charge in [0, 0.05) is 25.7 Å². The van der Waals surface area contributed by atoms with E-state index in [0.29, 0.717) is 45.0 Å². The molecule has 156 valence electrons. The quantitative estimate of drug-likeness (QED) is 0.761. The Bertz CT molecular complexity index is 895. The highest BCUT2D eigenvalue weighted by molar-refractivity contribution is 5.48. The second kappa shape index (κ2) is 8.06. The van der Waals surface area contributed by atoms with Crippen LogP contribution in [-0.4, -0.2) is 54.6 Å². The molecule has 3 heterocycles. The lowest BCUT2D eigenvalue weighted by Gasteiger charge is -2.29. The topological polar surface area (TPSA) is 50.6 Å². The van der Waals surface area contributed by atoms with Crippen LogP contribution in [0.25, 0.3) is 0 Å². The van der Waals surface area contributed by atoms with Crippen LogP contribution in [0.3, 0.4) is 0 Å². The molecule has 9 heteroatoms. The summed E-state index contributed by atoms with van der Waals surface area (Å²) in [6, 6.07) is 9.23. The average molecular weight is 408 g/mol. The first-order valence-electron chi connectivity index (χ1n) is 9.75. The van der Waals surface area contributed by atoms with Crippen molar-refractivity contribution in [3.63, 3.8) is 0 Å². The monoisotopic (exact) mass is 408 g/mol. The Kier molecular flexibility index (Phi) is 5.49. The van der Waals surface area contributed by atoms with Gasteiger partial charge in [-0.2, -0.15) is 18.2 Å². The first-order valence-corrected chi connectivity index (χ1v) is 9.75. The van der Waals surface area contributed by atoms with E-state index in [4.69, 9.17) is 4.74 Å². The van der Waals surface area contributed by atoms with Gasteiger partial charge in [0.1, 0.15) is 11.9 Å². The molecule has 0 N–H and O–H groups in total. The summed E-state index contributed by atoms with van der Waals surface area (Å²) in [5.74, 6) is 0.523. The van der Waals surface area contributed by atoms with Gasteiger partial charge in [0.2, 0.25) is 5.95 Å². The number of fused-ring (bicyclic) bond motifs is 1. The Balaban J connectivity index is 1.59. The van der Waals surface area contributed by atoms with Crippen molar-refractivity contribution in [2.75, 3.05) is 42.6 Å². The number of ether oxygens (including phenoxy) is 1. The highest BCUT2D eigenvalue weighted by Crippen LogP contribution is 2.34. The molecule has 1 saturated heterocycles. The highest BCUT2D eigenvalue weighted by atomic mass is 19.4. The zero-order chi connectivity index (χ0) is 20.4. The van der Waals surface area contributed by atoms with Crippen molar-refractivity contribution in [1.29, 1.82) is 0 Å². The van der Waals surface area contributed by atoms with Crippen LogP contribution in [0.2, 0.25) is 0 Å². The Hall–Kier alpha value is -2.55. The molecule has 2 aliphatic rings. The number of nitrogens with zero attached hydrogens (tertiary/aromatic N) is 4. The van der Waals surface area contributed by atoms with E-state index < -0.39 is 24.3 Å². The fourth-order valence-electron chi connectivity index (χ4n) is 3.87. The van der Waals surface area contributed by atoms with Crippen LogP contribution in [0.5, 0.6) is 0 Å². The van der Waals surface area contributed by atoms with E-state index in [-0.39, 0.29) is 12.5 Å². The molecule has 0 bridgehead atoms. The molecule has 0 spiro atoms. The lowest BCUT2D eigenvalue weighted by atomic mass is 10.1. The third kappa shape index (κ3) is 4.24. The van der Waals surface area contributed by atoms with Crippen molar-refractivity contribution >= 4 is 11.8 Å². The third-order valence-electron chi connectivity index (χ3n) is 5.38. The van der Waals surface area contributed by atoms with E-state index in [9.17, 15) is 18.0 Å². The first-order chi connectivity index (χ1) is 13.9. The Labute approximate surface area is 166 Å². The second-order valence-corrected chi connectivity index (χ2v) is 7.30. The Morgan fingerprint density at radius 1 is 1.14 bits per heavy atom. The molecule has 4 rings (SSSR count). The molecular formula is C20H23F3N4O2. The Morgan fingerprint density at radius 3 is 2.55 bits per heavy atom. The summed E-state index contributed by atoms with van der Waals surface area (Å²) in [6.45, 7) is 1.90. The molecule has 2 aromatic rings. The van der Waals surface area contributed by atoms with Crippen LogP contribution in [0.4, 0.5) is 24.9 Å². The molecule has 0 aliphatic carbocycles. The summed E-state index contributed by atoms with van der Waals surface area (Å²) in [6.07, 6.45) is -3.24. The van der Waals surface area contributed by atoms with Gasteiger partial charge in [0.25, 0.3) is 5.56 Å². The molecule has 0 radical (unpaired) electrons. The normalized spacial score (nSPS) is 19.5. The number of alkyl halides is 3. The minimum atomic E-state index is -4.44. The second-order valence-electron chi connectivity index (χ2n) is 7.30. The van der Waals surface area contributed by atoms with Crippen molar-refractivity contribution < 1.29 is 17.9 Å². The number of hydrogen-bond donors (Lipinski definition) is 0. The molecule has 1 fully saturated rings. The van der Waals surface area contributed by atoms with Gasteiger partial charge < -0.3 is 14.5 Å². The van der Waals surface area contributed by atoms with Crippen LogP contribution in [0.15, 0.2) is 41.2 Å². The van der Waals surface area contributed by atoms with E-state index in [0.717, 1.165) is 10.1 Å². The summed E-state index contributed by atoms with van der Waals surface area (Å²) in [5, 5.41) is 0. The Morgan fingerprint density at radius 2 is 1.86 bits per heavy atom. The molecular weight excluding hydrogens is 385 g/mol. The van der Waals surface area contributed by atoms with Crippen molar-refractivity contribution in [2.24, 2.45) is 0 Å². The summed E-state index contributed by atoms with van der Waals surface area (Å²) in [7, 11) is 0. The maximum Gasteiger partial charge on any atom is 0.410 e. The van der Waals surface area contributed by atoms with Gasteiger partial charge in [-0.15, -0.1) is 0 Å². The van der Waals surface area contributed by atoms with E-state index >= 15 is 0 Å². The number of morpholine rings is 1. The standard InChI is InChI=1S/C20H23F3N4O2/c21-20(22,23)16-14-27-18(28)13-17(25-9-11-29-12-10-25)24-19(27)26(16)8-4-7-15-5-2-1-3-6-15/h1-3,5-6,13,16H,4,7-12,14H2. The lowest BCUT2D eigenvalue weighted by Crippen LogP contribution is -2.44. The lowest BCUT2D eigenvalue weighted by molar-refractivity contribution is -0.148. The van der Waals surface area contributed by atoms with Gasteiger partial charge in [0.15, 0.2) is 0 Å². The van der Waals surface area contributed by atoms with Crippen molar-refractivity contribution in [1.82, 2.24) is 9.55 Å². The van der Waals surface area contributed by atoms with Crippen LogP contribution >= 0.6 is 0 Å². The first kappa shape index (κ1) is 19.8. The fourth-order valence-corrected chi connectivity index (χ4v) is 3.87. The van der Waals surface area contributed by atoms with Crippen molar-refractivity contribution in [3.05, 3.63) is 52.3 Å². The largest absolute Gasteiger partial charge is 0.410 e. The molecule has 6 nitrogen and oxygen atoms in total. The van der Waals surface area contributed by atoms with Gasteiger partial charge in [-0.3, -0.25) is 9.36 Å². The zero-order valence-electron chi connectivity index (χ0n) is 15.9. The van der Waals surface area contributed by atoms with Gasteiger partial charge in [-0.05, 0) is 18.4 Å². The number of benzene rings is 1. The number of hydrogen-bond acceptors (Lipinski definition) is 5. The molecule has 1 aromatic heterocycles. The van der Waals surface area contributed by atoms with Crippen LogP contribution in [-0.2, 0) is 17.7 Å². The molecule has 1 aromatic carbocycles. The van der Waals surface area contributed by atoms with Crippen molar-refractivity contribution in [3.8, 4) is 0 Å². The predicted octanol–water partition coefficient (Wildman–Crippen LogP) is 2.46. The maximum absolute atomic E-state index is 13.7. The molecule has 1 unspecified atom stereocenters. The number of aromatic nitrogens is 2.